The van der Waals surface area contributed by atoms with Crippen molar-refractivity contribution in [1.29, 1.82) is 0 Å². The summed E-state index contributed by atoms with van der Waals surface area (Å²) in [6.45, 7) is 5.38. The predicted octanol–water partition coefficient (Wildman–Crippen LogP) is 2.75. The molecule has 0 aliphatic carbocycles. The second-order valence-corrected chi connectivity index (χ2v) is 6.08. The van der Waals surface area contributed by atoms with E-state index in [9.17, 15) is 4.79 Å². The number of rotatable bonds is 12. The average molecular weight is 283 g/mol. The molecule has 2 atom stereocenters. The van der Waals surface area contributed by atoms with Crippen molar-refractivity contribution >= 4 is 5.91 Å². The van der Waals surface area contributed by atoms with Crippen LogP contribution in [0.5, 0.6) is 0 Å². The van der Waals surface area contributed by atoms with Crippen molar-refractivity contribution in [2.75, 3.05) is 26.3 Å². The highest BCUT2D eigenvalue weighted by atomic mass is 16.6. The molecule has 4 nitrogen and oxygen atoms in total. The van der Waals surface area contributed by atoms with Gasteiger partial charge in [-0.1, -0.05) is 45.4 Å². The van der Waals surface area contributed by atoms with Gasteiger partial charge in [0.1, 0.15) is 0 Å². The van der Waals surface area contributed by atoms with Crippen LogP contribution >= 0.6 is 0 Å². The molecule has 4 heteroatoms. The van der Waals surface area contributed by atoms with Crippen LogP contribution < -0.4 is 0 Å². The van der Waals surface area contributed by atoms with Crippen molar-refractivity contribution < 1.29 is 14.3 Å². The van der Waals surface area contributed by atoms with Gasteiger partial charge in [-0.25, -0.2) is 0 Å². The number of hydrogen-bond acceptors (Lipinski definition) is 3. The number of amides is 1. The molecule has 0 saturated carbocycles. The van der Waals surface area contributed by atoms with Gasteiger partial charge in [-0.15, -0.1) is 0 Å². The molecule has 1 amide bonds. The van der Waals surface area contributed by atoms with E-state index in [4.69, 9.17) is 9.47 Å². The summed E-state index contributed by atoms with van der Waals surface area (Å²) in [5, 5.41) is 0. The van der Waals surface area contributed by atoms with Crippen LogP contribution in [0.2, 0.25) is 0 Å². The number of unbranched alkanes of at least 4 members (excludes halogenated alkanes) is 6. The first kappa shape index (κ1) is 15.8. The zero-order valence-electron chi connectivity index (χ0n) is 12.8. The van der Waals surface area contributed by atoms with Crippen LogP contribution in [-0.4, -0.2) is 49.3 Å². The number of epoxide rings is 2. The summed E-state index contributed by atoms with van der Waals surface area (Å²) in [4.78, 5) is 14.2. The highest BCUT2D eigenvalue weighted by Crippen LogP contribution is 2.17. The van der Waals surface area contributed by atoms with Crippen LogP contribution in [0.15, 0.2) is 0 Å². The van der Waals surface area contributed by atoms with Crippen molar-refractivity contribution in [2.45, 2.75) is 70.5 Å². The molecule has 2 saturated heterocycles. The molecule has 2 rings (SSSR count). The first-order valence-electron chi connectivity index (χ1n) is 8.30. The lowest BCUT2D eigenvalue weighted by Crippen LogP contribution is -2.37. The van der Waals surface area contributed by atoms with E-state index < -0.39 is 0 Å². The minimum atomic E-state index is 0.282. The number of ether oxygens (including phenoxy) is 2. The minimum Gasteiger partial charge on any atom is -0.371 e. The summed E-state index contributed by atoms with van der Waals surface area (Å²) in [5.41, 5.74) is 0. The zero-order valence-corrected chi connectivity index (χ0v) is 12.8. The fourth-order valence-corrected chi connectivity index (χ4v) is 2.51. The Hall–Kier alpha value is -0.610. The summed E-state index contributed by atoms with van der Waals surface area (Å²) < 4.78 is 10.5. The maximum Gasteiger partial charge on any atom is 0.222 e. The molecular formula is C16H29NO3. The Morgan fingerprint density at radius 1 is 0.950 bits per heavy atom. The number of carbonyl (C=O) groups excluding carboxylic acids is 1. The quantitative estimate of drug-likeness (QED) is 0.409. The number of carbonyl (C=O) groups is 1. The monoisotopic (exact) mass is 283 g/mol. The molecule has 0 aromatic carbocycles. The van der Waals surface area contributed by atoms with Crippen LogP contribution in [0, 0.1) is 0 Å². The Kier molecular flexibility index (Phi) is 6.80. The fourth-order valence-electron chi connectivity index (χ4n) is 2.51. The third-order valence-electron chi connectivity index (χ3n) is 4.00. The van der Waals surface area contributed by atoms with Gasteiger partial charge < -0.3 is 14.4 Å². The largest absolute Gasteiger partial charge is 0.371 e. The molecule has 116 valence electrons. The molecule has 2 aliphatic heterocycles. The molecule has 20 heavy (non-hydrogen) atoms. The van der Waals surface area contributed by atoms with E-state index in [0.717, 1.165) is 32.7 Å². The van der Waals surface area contributed by atoms with Gasteiger partial charge in [0.05, 0.1) is 25.4 Å². The van der Waals surface area contributed by atoms with Crippen molar-refractivity contribution in [3.63, 3.8) is 0 Å². The molecule has 0 aromatic heterocycles. The van der Waals surface area contributed by atoms with Gasteiger partial charge >= 0.3 is 0 Å². The van der Waals surface area contributed by atoms with Crippen molar-refractivity contribution in [1.82, 2.24) is 4.90 Å². The molecule has 0 radical (unpaired) electrons. The Balaban J connectivity index is 1.53. The van der Waals surface area contributed by atoms with Gasteiger partial charge in [0.2, 0.25) is 5.91 Å². The van der Waals surface area contributed by atoms with Crippen LogP contribution in [-0.2, 0) is 14.3 Å². The maximum absolute atomic E-state index is 12.2. The molecular weight excluding hydrogens is 254 g/mol. The number of nitrogens with zero attached hydrogens (tertiary/aromatic N) is 1. The van der Waals surface area contributed by atoms with Gasteiger partial charge in [-0.2, -0.15) is 0 Å². The Bertz CT molecular complexity index is 273. The number of hydrogen-bond donors (Lipinski definition) is 0. The summed E-state index contributed by atoms with van der Waals surface area (Å²) in [6, 6.07) is 0. The van der Waals surface area contributed by atoms with Crippen LogP contribution in [0.25, 0.3) is 0 Å². The highest BCUT2D eigenvalue weighted by Gasteiger charge is 2.32. The lowest BCUT2D eigenvalue weighted by atomic mass is 10.1. The first-order valence-corrected chi connectivity index (χ1v) is 8.30. The van der Waals surface area contributed by atoms with Crippen LogP contribution in [0.3, 0.4) is 0 Å². The molecule has 2 heterocycles. The average Bonchev–Trinajstić information content (AvgIpc) is 3.32. The van der Waals surface area contributed by atoms with E-state index in [2.05, 4.69) is 6.92 Å². The molecule has 0 N–H and O–H groups in total. The Labute approximate surface area is 122 Å². The van der Waals surface area contributed by atoms with Crippen LogP contribution in [0.1, 0.15) is 58.3 Å². The SMILES string of the molecule is CCCCCCCCCC(=O)N(CC1CO1)CC1CO1. The third kappa shape index (κ3) is 6.71. The summed E-state index contributed by atoms with van der Waals surface area (Å²) >= 11 is 0. The molecule has 2 fully saturated rings. The Morgan fingerprint density at radius 3 is 1.95 bits per heavy atom. The van der Waals surface area contributed by atoms with Crippen molar-refractivity contribution in [2.24, 2.45) is 0 Å². The fraction of sp³-hybridized carbons (Fsp3) is 0.938. The van der Waals surface area contributed by atoms with E-state index in [1.807, 2.05) is 4.90 Å². The molecule has 2 aliphatic rings. The molecule has 0 aromatic rings. The predicted molar refractivity (Wildman–Crippen MR) is 78.7 cm³/mol. The smallest absolute Gasteiger partial charge is 0.222 e. The van der Waals surface area contributed by atoms with Gasteiger partial charge in [-0.3, -0.25) is 4.79 Å². The van der Waals surface area contributed by atoms with E-state index in [-0.39, 0.29) is 18.1 Å². The van der Waals surface area contributed by atoms with E-state index in [1.165, 1.54) is 38.5 Å². The standard InChI is InChI=1S/C16H29NO3/c1-2-3-4-5-6-7-8-9-16(18)17(10-14-12-19-14)11-15-13-20-15/h14-15H,2-13H2,1H3. The van der Waals surface area contributed by atoms with Gasteiger partial charge in [-0.05, 0) is 6.42 Å². The summed E-state index contributed by atoms with van der Waals surface area (Å²) in [7, 11) is 0. The second-order valence-electron chi connectivity index (χ2n) is 6.08. The van der Waals surface area contributed by atoms with Crippen molar-refractivity contribution in [3.05, 3.63) is 0 Å². The first-order chi connectivity index (χ1) is 9.79. The second kappa shape index (κ2) is 8.63. The van der Waals surface area contributed by atoms with Gasteiger partial charge in [0.15, 0.2) is 0 Å². The van der Waals surface area contributed by atoms with Gasteiger partial charge in [0.25, 0.3) is 0 Å². The highest BCUT2D eigenvalue weighted by molar-refractivity contribution is 5.76. The van der Waals surface area contributed by atoms with Gasteiger partial charge in [0, 0.05) is 19.5 Å². The molecule has 0 spiro atoms. The minimum absolute atomic E-state index is 0.282. The van der Waals surface area contributed by atoms with E-state index in [1.54, 1.807) is 0 Å². The third-order valence-corrected chi connectivity index (χ3v) is 4.00. The summed E-state index contributed by atoms with van der Waals surface area (Å²) in [5.74, 6) is 0.282. The topological polar surface area (TPSA) is 45.4 Å². The lowest BCUT2D eigenvalue weighted by molar-refractivity contribution is -0.131. The Morgan fingerprint density at radius 2 is 1.45 bits per heavy atom. The molecule has 2 unspecified atom stereocenters. The van der Waals surface area contributed by atoms with Crippen LogP contribution in [0.4, 0.5) is 0 Å². The van der Waals surface area contributed by atoms with E-state index >= 15 is 0 Å². The van der Waals surface area contributed by atoms with Crippen molar-refractivity contribution in [3.8, 4) is 0 Å². The zero-order chi connectivity index (χ0) is 14.2. The molecule has 0 bridgehead atoms. The maximum atomic E-state index is 12.2. The lowest BCUT2D eigenvalue weighted by Gasteiger charge is -2.21. The normalized spacial score (nSPS) is 23.6. The van der Waals surface area contributed by atoms with E-state index in [0.29, 0.717) is 6.42 Å². The summed E-state index contributed by atoms with van der Waals surface area (Å²) in [6.07, 6.45) is 10.0.